The minimum Gasteiger partial charge on any atom is -0.506 e. The van der Waals surface area contributed by atoms with Crippen LogP contribution in [0.2, 0.25) is 10.0 Å². The number of rotatable bonds is 3. The highest BCUT2D eigenvalue weighted by Crippen LogP contribution is 2.32. The van der Waals surface area contributed by atoms with Crippen molar-refractivity contribution in [2.24, 2.45) is 0 Å². The van der Waals surface area contributed by atoms with Gasteiger partial charge < -0.3 is 10.4 Å². The molecule has 0 spiro atoms. The lowest BCUT2D eigenvalue weighted by Crippen LogP contribution is -2.13. The molecule has 0 fully saturated rings. The molecule has 0 aliphatic rings. The fourth-order valence-electron chi connectivity index (χ4n) is 2.26. The van der Waals surface area contributed by atoms with Gasteiger partial charge in [0.05, 0.1) is 16.3 Å². The highest BCUT2D eigenvalue weighted by atomic mass is 35.5. The van der Waals surface area contributed by atoms with E-state index in [1.807, 2.05) is 0 Å². The molecule has 0 atom stereocenters. The third kappa shape index (κ3) is 3.69. The van der Waals surface area contributed by atoms with Crippen molar-refractivity contribution >= 4 is 34.8 Å². The predicted octanol–water partition coefficient (Wildman–Crippen LogP) is 5.36. The highest BCUT2D eigenvalue weighted by Gasteiger charge is 2.17. The summed E-state index contributed by atoms with van der Waals surface area (Å²) in [5, 5.41) is 12.5. The Hall–Kier alpha value is -2.74. The van der Waals surface area contributed by atoms with E-state index >= 15 is 0 Å². The Bertz CT molecular complexity index is 946. The van der Waals surface area contributed by atoms with E-state index in [0.29, 0.717) is 5.56 Å². The molecule has 0 radical (unpaired) electrons. The zero-order chi connectivity index (χ0) is 18.0. The molecule has 3 nitrogen and oxygen atoms in total. The normalized spacial score (nSPS) is 10.2. The molecule has 2 N–H and O–H groups in total. The summed E-state index contributed by atoms with van der Waals surface area (Å²) in [6.07, 6.45) is 0. The number of halogens is 3. The number of benzene rings is 2. The van der Waals surface area contributed by atoms with E-state index < -0.39 is 17.5 Å². The third-order valence-corrected chi connectivity index (χ3v) is 3.98. The number of hydrogen-bond donors (Lipinski definition) is 2. The zero-order valence-electron chi connectivity index (χ0n) is 12.6. The Morgan fingerprint density at radius 1 is 1.08 bits per heavy atom. The lowest BCUT2D eigenvalue weighted by molar-refractivity contribution is 0.102. The van der Waals surface area contributed by atoms with Gasteiger partial charge in [0.2, 0.25) is 0 Å². The second kappa shape index (κ2) is 7.02. The van der Waals surface area contributed by atoms with Gasteiger partial charge in [0, 0.05) is 5.02 Å². The molecule has 0 unspecified atom stereocenters. The quantitative estimate of drug-likeness (QED) is 0.649. The first-order valence-corrected chi connectivity index (χ1v) is 7.88. The van der Waals surface area contributed by atoms with Crippen molar-refractivity contribution in [3.05, 3.63) is 82.1 Å². The molecular weight excluding hydrogens is 364 g/mol. The van der Waals surface area contributed by atoms with Crippen LogP contribution in [0, 0.1) is 17.9 Å². The smallest absolute Gasteiger partial charge is 0.259 e. The Balaban J connectivity index is 1.94. The summed E-state index contributed by atoms with van der Waals surface area (Å²) in [5.74, 6) is -1.77. The second-order valence-corrected chi connectivity index (χ2v) is 6.00. The second-order valence-electron chi connectivity index (χ2n) is 5.15. The maximum absolute atomic E-state index is 14.1. The van der Waals surface area contributed by atoms with E-state index in [1.54, 1.807) is 24.3 Å². The van der Waals surface area contributed by atoms with E-state index in [0.717, 1.165) is 5.56 Å². The van der Waals surface area contributed by atoms with E-state index in [4.69, 9.17) is 23.2 Å². The number of hydrogen-bond acceptors (Lipinski definition) is 2. The Labute approximate surface area is 153 Å². The number of aromatic hydroxyl groups is 1. The van der Waals surface area contributed by atoms with Crippen molar-refractivity contribution in [1.82, 2.24) is 0 Å². The van der Waals surface area contributed by atoms with Gasteiger partial charge in [-0.25, -0.2) is 4.39 Å². The Kier molecular flexibility index (Phi) is 4.80. The summed E-state index contributed by atoms with van der Waals surface area (Å²) in [5.41, 5.74) is 1.30. The molecule has 0 heterocycles. The average molecular weight is 374 g/mol. The topological polar surface area (TPSA) is 49.3 Å². The van der Waals surface area contributed by atoms with E-state index in [9.17, 15) is 14.3 Å². The van der Waals surface area contributed by atoms with Gasteiger partial charge in [-0.2, -0.15) is 0 Å². The largest absolute Gasteiger partial charge is 0.506 e. The number of carbonyl (C=O) groups is 1. The van der Waals surface area contributed by atoms with Gasteiger partial charge in [0.25, 0.3) is 5.91 Å². The third-order valence-electron chi connectivity index (χ3n) is 3.48. The van der Waals surface area contributed by atoms with Crippen molar-refractivity contribution in [3.63, 3.8) is 0 Å². The number of nitrogens with one attached hydrogen (secondary N) is 1. The molecule has 6 heteroatoms. The van der Waals surface area contributed by atoms with Crippen LogP contribution in [0.1, 0.15) is 10.4 Å². The van der Waals surface area contributed by atoms with Gasteiger partial charge in [-0.05, 0) is 53.6 Å². The van der Waals surface area contributed by atoms with Gasteiger partial charge in [-0.3, -0.25) is 4.79 Å². The molecule has 3 rings (SSSR count). The summed E-state index contributed by atoms with van der Waals surface area (Å²) >= 11 is 11.7. The van der Waals surface area contributed by atoms with E-state index in [2.05, 4.69) is 17.4 Å². The molecule has 3 aromatic carbocycles. The summed E-state index contributed by atoms with van der Waals surface area (Å²) < 4.78 is 14.1. The number of phenols is 1. The summed E-state index contributed by atoms with van der Waals surface area (Å²) in [6, 6.07) is 17.6. The van der Waals surface area contributed by atoms with E-state index in [-0.39, 0.29) is 21.3 Å². The SMILES string of the molecule is O=C(Nc1cc(-c2cc#ccc2)ccc1F)c1cc(Cl)cc(Cl)c1O. The van der Waals surface area contributed by atoms with E-state index in [1.165, 1.54) is 24.3 Å². The molecule has 0 aromatic heterocycles. The van der Waals surface area contributed by atoms with Crippen LogP contribution >= 0.6 is 23.2 Å². The zero-order valence-corrected chi connectivity index (χ0v) is 14.1. The minimum absolute atomic E-state index is 0.0363. The van der Waals surface area contributed by atoms with Gasteiger partial charge >= 0.3 is 0 Å². The van der Waals surface area contributed by atoms with Crippen LogP contribution in [-0.2, 0) is 0 Å². The summed E-state index contributed by atoms with van der Waals surface area (Å²) in [7, 11) is 0. The fraction of sp³-hybridized carbons (Fsp3) is 0. The van der Waals surface area contributed by atoms with Crippen molar-refractivity contribution in [1.29, 1.82) is 0 Å². The molecule has 25 heavy (non-hydrogen) atoms. The van der Waals surface area contributed by atoms with Crippen LogP contribution in [0.3, 0.4) is 0 Å². The number of phenolic OH excluding ortho intramolecular Hbond substituents is 1. The first kappa shape index (κ1) is 17.1. The molecule has 124 valence electrons. The molecule has 0 aliphatic heterocycles. The molecule has 0 aliphatic carbocycles. The standard InChI is InChI=1S/C19H10Cl2FNO2/c20-13-9-14(18(24)15(21)10-13)19(25)23-17-8-12(6-7-16(17)22)11-4-2-1-3-5-11/h2,4-10,24H,(H,23,25). The summed E-state index contributed by atoms with van der Waals surface area (Å²) in [4.78, 5) is 12.4. The lowest BCUT2D eigenvalue weighted by Gasteiger charge is -2.11. The highest BCUT2D eigenvalue weighted by molar-refractivity contribution is 6.36. The number of carbonyl (C=O) groups excluding carboxylic acids is 1. The molecule has 1 amide bonds. The van der Waals surface area contributed by atoms with Crippen LogP contribution in [0.25, 0.3) is 11.1 Å². The maximum Gasteiger partial charge on any atom is 0.259 e. The van der Waals surface area contributed by atoms with Crippen LogP contribution in [0.15, 0.2) is 48.5 Å². The average Bonchev–Trinajstić information content (AvgIpc) is 2.60. The Morgan fingerprint density at radius 3 is 2.60 bits per heavy atom. The molecule has 0 bridgehead atoms. The minimum atomic E-state index is -0.731. The van der Waals surface area contributed by atoms with Crippen LogP contribution in [0.4, 0.5) is 10.1 Å². The van der Waals surface area contributed by atoms with Gasteiger partial charge in [-0.1, -0.05) is 41.4 Å². The summed E-state index contributed by atoms with van der Waals surface area (Å²) in [6.45, 7) is 0. The first-order chi connectivity index (χ1) is 12.0. The number of amides is 1. The molecule has 0 saturated heterocycles. The van der Waals surface area contributed by atoms with Gasteiger partial charge in [0.15, 0.2) is 0 Å². The maximum atomic E-state index is 14.1. The van der Waals surface area contributed by atoms with Crippen LogP contribution in [0.5, 0.6) is 5.75 Å². The van der Waals surface area contributed by atoms with Crippen molar-refractivity contribution in [3.8, 4) is 16.9 Å². The monoisotopic (exact) mass is 373 g/mol. The van der Waals surface area contributed by atoms with Gasteiger partial charge in [-0.15, -0.1) is 0 Å². The predicted molar refractivity (Wildman–Crippen MR) is 95.6 cm³/mol. The van der Waals surface area contributed by atoms with Crippen LogP contribution < -0.4 is 5.32 Å². The molecular formula is C19H10Cl2FNO2. The first-order valence-electron chi connectivity index (χ1n) is 7.13. The van der Waals surface area contributed by atoms with Crippen molar-refractivity contribution < 1.29 is 14.3 Å². The molecule has 3 aromatic rings. The van der Waals surface area contributed by atoms with Crippen molar-refractivity contribution in [2.45, 2.75) is 0 Å². The number of anilines is 1. The molecule has 0 saturated carbocycles. The lowest BCUT2D eigenvalue weighted by atomic mass is 10.1. The van der Waals surface area contributed by atoms with Crippen LogP contribution in [-0.4, -0.2) is 11.0 Å². The Morgan fingerprint density at radius 2 is 1.88 bits per heavy atom. The van der Waals surface area contributed by atoms with Crippen molar-refractivity contribution in [2.75, 3.05) is 5.32 Å². The fourth-order valence-corrected chi connectivity index (χ4v) is 2.75. The van der Waals surface area contributed by atoms with Gasteiger partial charge in [0.1, 0.15) is 11.6 Å².